The molecule has 0 bridgehead atoms. The Hall–Kier alpha value is -1.32. The second-order valence-corrected chi connectivity index (χ2v) is 4.66. The molecule has 4 nitrogen and oxygen atoms in total. The van der Waals surface area contributed by atoms with Crippen LogP contribution in [0.1, 0.15) is 44.7 Å². The summed E-state index contributed by atoms with van der Waals surface area (Å²) in [6.45, 7) is 3.90. The molecule has 0 saturated carbocycles. The van der Waals surface area contributed by atoms with Gasteiger partial charge in [0.05, 0.1) is 11.4 Å². The van der Waals surface area contributed by atoms with Crippen molar-refractivity contribution in [2.45, 2.75) is 52.0 Å². The Kier molecular flexibility index (Phi) is 4.18. The van der Waals surface area contributed by atoms with Gasteiger partial charge in [0.1, 0.15) is 0 Å². The number of hydrogen-bond donors (Lipinski definition) is 1. The van der Waals surface area contributed by atoms with E-state index in [0.717, 1.165) is 43.7 Å². The van der Waals surface area contributed by atoms with Gasteiger partial charge in [-0.1, -0.05) is 26.2 Å². The van der Waals surface area contributed by atoms with E-state index in [4.69, 9.17) is 0 Å². The highest BCUT2D eigenvalue weighted by molar-refractivity contribution is 5.48. The average Bonchev–Trinajstić information content (AvgIpc) is 2.35. The van der Waals surface area contributed by atoms with E-state index in [1.807, 2.05) is 0 Å². The Morgan fingerprint density at radius 1 is 1.41 bits per heavy atom. The third-order valence-electron chi connectivity index (χ3n) is 3.20. The Morgan fingerprint density at radius 3 is 3.12 bits per heavy atom. The summed E-state index contributed by atoms with van der Waals surface area (Å²) in [5, 5.41) is 7.68. The molecule has 0 amide bonds. The van der Waals surface area contributed by atoms with Crippen molar-refractivity contribution in [2.24, 2.45) is 0 Å². The maximum absolute atomic E-state index is 11.8. The largest absolute Gasteiger partial charge is 0.383 e. The van der Waals surface area contributed by atoms with Gasteiger partial charge in [0.2, 0.25) is 0 Å². The Balaban J connectivity index is 2.04. The Morgan fingerprint density at radius 2 is 2.29 bits per heavy atom. The molecule has 0 unspecified atom stereocenters. The molecule has 4 heteroatoms. The third kappa shape index (κ3) is 3.08. The van der Waals surface area contributed by atoms with Crippen LogP contribution in [0.2, 0.25) is 0 Å². The molecule has 0 atom stereocenters. The van der Waals surface area contributed by atoms with E-state index in [0.29, 0.717) is 0 Å². The van der Waals surface area contributed by atoms with Gasteiger partial charge in [-0.3, -0.25) is 4.79 Å². The van der Waals surface area contributed by atoms with Crippen molar-refractivity contribution in [2.75, 3.05) is 11.9 Å². The molecule has 0 saturated heterocycles. The fourth-order valence-electron chi connectivity index (χ4n) is 2.20. The first-order valence-corrected chi connectivity index (χ1v) is 6.66. The molecule has 1 aliphatic rings. The molecule has 2 rings (SSSR count). The van der Waals surface area contributed by atoms with Gasteiger partial charge in [-0.25, -0.2) is 4.68 Å². The highest BCUT2D eigenvalue weighted by Crippen LogP contribution is 2.16. The number of aryl methyl sites for hydroxylation is 2. The quantitative estimate of drug-likeness (QED) is 0.796. The summed E-state index contributed by atoms with van der Waals surface area (Å²) in [5.41, 5.74) is 2.01. The fraction of sp³-hybridized carbons (Fsp3) is 0.692. The van der Waals surface area contributed by atoms with Crippen molar-refractivity contribution < 1.29 is 0 Å². The van der Waals surface area contributed by atoms with Crippen molar-refractivity contribution in [1.82, 2.24) is 9.78 Å². The van der Waals surface area contributed by atoms with Crippen LogP contribution < -0.4 is 10.9 Å². The van der Waals surface area contributed by atoms with Gasteiger partial charge >= 0.3 is 0 Å². The molecule has 1 aromatic heterocycles. The first kappa shape index (κ1) is 12.1. The van der Waals surface area contributed by atoms with Crippen molar-refractivity contribution in [1.29, 1.82) is 0 Å². The van der Waals surface area contributed by atoms with Gasteiger partial charge in [0.25, 0.3) is 5.56 Å². The normalized spacial score (nSPS) is 14.2. The third-order valence-corrected chi connectivity index (χ3v) is 3.20. The second kappa shape index (κ2) is 5.84. The molecule has 2 heterocycles. The highest BCUT2D eigenvalue weighted by atomic mass is 16.1. The molecular formula is C13H21N3O. The lowest BCUT2D eigenvalue weighted by molar-refractivity contribution is 0.509. The number of anilines is 1. The minimum absolute atomic E-state index is 0.0228. The van der Waals surface area contributed by atoms with E-state index in [1.165, 1.54) is 19.3 Å². The van der Waals surface area contributed by atoms with Crippen molar-refractivity contribution in [3.05, 3.63) is 22.1 Å². The van der Waals surface area contributed by atoms with E-state index >= 15 is 0 Å². The van der Waals surface area contributed by atoms with Gasteiger partial charge in [-0.05, 0) is 19.3 Å². The molecular weight excluding hydrogens is 214 g/mol. The summed E-state index contributed by atoms with van der Waals surface area (Å²) in [7, 11) is 0. The van der Waals surface area contributed by atoms with Crippen molar-refractivity contribution >= 4 is 5.69 Å². The van der Waals surface area contributed by atoms with E-state index < -0.39 is 0 Å². The first-order valence-electron chi connectivity index (χ1n) is 6.66. The van der Waals surface area contributed by atoms with Gasteiger partial charge < -0.3 is 5.32 Å². The molecule has 1 aliphatic heterocycles. The monoisotopic (exact) mass is 235 g/mol. The van der Waals surface area contributed by atoms with Crippen LogP contribution in [0.3, 0.4) is 0 Å². The predicted molar refractivity (Wildman–Crippen MR) is 69.4 cm³/mol. The maximum atomic E-state index is 11.8. The Bertz CT molecular complexity index is 425. The van der Waals surface area contributed by atoms with E-state index in [9.17, 15) is 4.79 Å². The lowest BCUT2D eigenvalue weighted by atomic mass is 10.1. The highest BCUT2D eigenvalue weighted by Gasteiger charge is 2.12. The number of aromatic nitrogens is 2. The number of unbranched alkanes of at least 4 members (excludes halogenated alkanes) is 3. The van der Waals surface area contributed by atoms with Gasteiger partial charge in [0.15, 0.2) is 0 Å². The van der Waals surface area contributed by atoms with Crippen molar-refractivity contribution in [3.8, 4) is 0 Å². The van der Waals surface area contributed by atoms with Crippen LogP contribution in [-0.4, -0.2) is 16.3 Å². The summed E-state index contributed by atoms with van der Waals surface area (Å²) >= 11 is 0. The van der Waals surface area contributed by atoms with E-state index in [-0.39, 0.29) is 5.56 Å². The van der Waals surface area contributed by atoms with Crippen LogP contribution in [0.4, 0.5) is 5.69 Å². The minimum atomic E-state index is 0.0228. The Labute approximate surface area is 102 Å². The van der Waals surface area contributed by atoms with E-state index in [2.05, 4.69) is 17.3 Å². The number of rotatable bonds is 5. The number of fused-ring (bicyclic) bond motifs is 1. The second-order valence-electron chi connectivity index (χ2n) is 4.66. The van der Waals surface area contributed by atoms with E-state index in [1.54, 1.807) is 10.7 Å². The summed E-state index contributed by atoms with van der Waals surface area (Å²) in [5.74, 6) is 0. The smallest absolute Gasteiger partial charge is 0.268 e. The lowest BCUT2D eigenvalue weighted by Crippen LogP contribution is -2.27. The number of nitrogens with zero attached hydrogens (tertiary/aromatic N) is 2. The SMILES string of the molecule is CCCCCCn1nc2c(cc1=O)NCCC2. The zero-order valence-corrected chi connectivity index (χ0v) is 10.5. The predicted octanol–water partition coefficient (Wildman–Crippen LogP) is 2.18. The summed E-state index contributed by atoms with van der Waals surface area (Å²) in [6.07, 6.45) is 6.77. The molecule has 0 spiro atoms. The van der Waals surface area contributed by atoms with Crippen LogP contribution in [-0.2, 0) is 13.0 Å². The van der Waals surface area contributed by atoms with Gasteiger partial charge in [0, 0.05) is 19.2 Å². The number of nitrogens with one attached hydrogen (secondary N) is 1. The zero-order chi connectivity index (χ0) is 12.1. The van der Waals surface area contributed by atoms with Crippen LogP contribution >= 0.6 is 0 Å². The lowest BCUT2D eigenvalue weighted by Gasteiger charge is -2.17. The van der Waals surface area contributed by atoms with Gasteiger partial charge in [-0.15, -0.1) is 0 Å². The summed E-state index contributed by atoms with van der Waals surface area (Å²) in [6, 6.07) is 1.70. The number of hydrogen-bond acceptors (Lipinski definition) is 3. The topological polar surface area (TPSA) is 46.9 Å². The average molecular weight is 235 g/mol. The molecule has 1 N–H and O–H groups in total. The summed E-state index contributed by atoms with van der Waals surface area (Å²) < 4.78 is 1.63. The van der Waals surface area contributed by atoms with Gasteiger partial charge in [-0.2, -0.15) is 5.10 Å². The molecule has 0 radical (unpaired) electrons. The van der Waals surface area contributed by atoms with Crippen LogP contribution in [0.5, 0.6) is 0 Å². The maximum Gasteiger partial charge on any atom is 0.268 e. The van der Waals surface area contributed by atoms with Crippen molar-refractivity contribution in [3.63, 3.8) is 0 Å². The molecule has 94 valence electrons. The molecule has 0 fully saturated rings. The van der Waals surface area contributed by atoms with Crippen LogP contribution in [0.25, 0.3) is 0 Å². The zero-order valence-electron chi connectivity index (χ0n) is 10.5. The summed E-state index contributed by atoms with van der Waals surface area (Å²) in [4.78, 5) is 11.8. The first-order chi connectivity index (χ1) is 8.31. The molecule has 1 aromatic rings. The fourth-order valence-corrected chi connectivity index (χ4v) is 2.20. The minimum Gasteiger partial charge on any atom is -0.383 e. The standard InChI is InChI=1S/C13H21N3O/c1-2-3-4-5-9-16-13(17)10-12-11(15-16)7-6-8-14-12/h10,14H,2-9H2,1H3. The van der Waals surface area contributed by atoms with Crippen LogP contribution in [0, 0.1) is 0 Å². The molecule has 17 heavy (non-hydrogen) atoms. The van der Waals surface area contributed by atoms with Crippen LogP contribution in [0.15, 0.2) is 10.9 Å². The molecule has 0 aromatic carbocycles. The molecule has 0 aliphatic carbocycles.